The summed E-state index contributed by atoms with van der Waals surface area (Å²) in [6.45, 7) is 6.56. The summed E-state index contributed by atoms with van der Waals surface area (Å²) in [5.74, 6) is -0.410. The maximum absolute atomic E-state index is 11.7. The molecule has 0 saturated carbocycles. The molecule has 0 aliphatic rings. The lowest BCUT2D eigenvalue weighted by Crippen LogP contribution is -2.34. The van der Waals surface area contributed by atoms with Gasteiger partial charge >= 0.3 is 6.09 Å². The van der Waals surface area contributed by atoms with Crippen LogP contribution >= 0.6 is 0 Å². The van der Waals surface area contributed by atoms with E-state index in [9.17, 15) is 9.59 Å². The van der Waals surface area contributed by atoms with Gasteiger partial charge in [0.15, 0.2) is 0 Å². The van der Waals surface area contributed by atoms with Gasteiger partial charge in [-0.1, -0.05) is 6.92 Å². The van der Waals surface area contributed by atoms with Crippen LogP contribution in [0.3, 0.4) is 0 Å². The third kappa shape index (κ3) is 7.97. The van der Waals surface area contributed by atoms with E-state index in [0.717, 1.165) is 6.42 Å². The normalized spacial score (nSPS) is 12.0. The Labute approximate surface area is 119 Å². The molecule has 0 fully saturated rings. The fourth-order valence-corrected chi connectivity index (χ4v) is 1.15. The molecule has 0 heterocycles. The highest BCUT2D eigenvalue weighted by Gasteiger charge is 2.10. The molecular formula is C13H22N4O3. The lowest BCUT2D eigenvalue weighted by atomic mass is 10.2. The molecule has 7 heteroatoms. The highest BCUT2D eigenvalue weighted by Crippen LogP contribution is 1.94. The van der Waals surface area contributed by atoms with Gasteiger partial charge in [-0.05, 0) is 20.3 Å². The predicted molar refractivity (Wildman–Crippen MR) is 74.6 cm³/mol. The third-order valence-electron chi connectivity index (χ3n) is 2.42. The molecule has 112 valence electrons. The van der Waals surface area contributed by atoms with Gasteiger partial charge in [-0.3, -0.25) is 4.79 Å². The van der Waals surface area contributed by atoms with Crippen molar-refractivity contribution in [2.75, 3.05) is 19.7 Å². The van der Waals surface area contributed by atoms with Gasteiger partial charge in [0.2, 0.25) is 0 Å². The van der Waals surface area contributed by atoms with Crippen molar-refractivity contribution in [2.24, 2.45) is 0 Å². The summed E-state index contributed by atoms with van der Waals surface area (Å²) in [6, 6.07) is 1.84. The van der Waals surface area contributed by atoms with Gasteiger partial charge in [0.25, 0.3) is 5.91 Å². The SMILES string of the molecule is CCOC(=O)NCCN/C=C(/C#N)C(=O)NC(C)CC. The number of amides is 2. The molecule has 20 heavy (non-hydrogen) atoms. The Morgan fingerprint density at radius 3 is 2.60 bits per heavy atom. The van der Waals surface area contributed by atoms with Crippen LogP contribution in [0.5, 0.6) is 0 Å². The Balaban J connectivity index is 4.05. The highest BCUT2D eigenvalue weighted by molar-refractivity contribution is 5.97. The zero-order valence-corrected chi connectivity index (χ0v) is 12.2. The molecule has 0 rings (SSSR count). The van der Waals surface area contributed by atoms with Crippen molar-refractivity contribution in [1.82, 2.24) is 16.0 Å². The number of carbonyl (C=O) groups is 2. The molecule has 0 aromatic heterocycles. The molecule has 7 nitrogen and oxygen atoms in total. The Bertz CT molecular complexity index is 388. The van der Waals surface area contributed by atoms with Crippen molar-refractivity contribution in [3.63, 3.8) is 0 Å². The van der Waals surface area contributed by atoms with Gasteiger partial charge in [0.05, 0.1) is 6.61 Å². The number of rotatable bonds is 8. The fourth-order valence-electron chi connectivity index (χ4n) is 1.15. The van der Waals surface area contributed by atoms with Crippen LogP contribution in [0, 0.1) is 11.3 Å². The van der Waals surface area contributed by atoms with E-state index in [1.54, 1.807) is 6.92 Å². The Morgan fingerprint density at radius 1 is 1.35 bits per heavy atom. The molecular weight excluding hydrogens is 260 g/mol. The molecule has 2 amide bonds. The Morgan fingerprint density at radius 2 is 2.05 bits per heavy atom. The topological polar surface area (TPSA) is 103 Å². The lowest BCUT2D eigenvalue weighted by Gasteiger charge is -2.10. The van der Waals surface area contributed by atoms with Crippen molar-refractivity contribution in [3.05, 3.63) is 11.8 Å². The first kappa shape index (κ1) is 17.8. The first-order valence-corrected chi connectivity index (χ1v) is 6.60. The zero-order chi connectivity index (χ0) is 15.4. The standard InChI is InChI=1S/C13H22N4O3/c1-4-10(3)17-12(18)11(8-14)9-15-6-7-16-13(19)20-5-2/h9-10,15H,4-7H2,1-3H3,(H,16,19)(H,17,18)/b11-9-. The number of alkyl carbamates (subject to hydrolysis) is 1. The summed E-state index contributed by atoms with van der Waals surface area (Å²) in [5.41, 5.74) is 0.00133. The second-order valence-corrected chi connectivity index (χ2v) is 4.05. The van der Waals surface area contributed by atoms with E-state index >= 15 is 0 Å². The molecule has 0 saturated heterocycles. The number of hydrogen-bond donors (Lipinski definition) is 3. The summed E-state index contributed by atoms with van der Waals surface area (Å²) >= 11 is 0. The molecule has 0 aromatic rings. The molecule has 0 spiro atoms. The first-order chi connectivity index (χ1) is 9.54. The molecule has 0 aliphatic carbocycles. The average Bonchev–Trinajstić information content (AvgIpc) is 2.42. The lowest BCUT2D eigenvalue weighted by molar-refractivity contribution is -0.117. The number of nitriles is 1. The maximum Gasteiger partial charge on any atom is 0.407 e. The van der Waals surface area contributed by atoms with Crippen LogP contribution in [0.15, 0.2) is 11.8 Å². The smallest absolute Gasteiger partial charge is 0.407 e. The average molecular weight is 282 g/mol. The highest BCUT2D eigenvalue weighted by atomic mass is 16.5. The summed E-state index contributed by atoms with van der Waals surface area (Å²) in [4.78, 5) is 22.6. The summed E-state index contributed by atoms with van der Waals surface area (Å²) in [6.07, 6.45) is 1.64. The van der Waals surface area contributed by atoms with Crippen molar-refractivity contribution in [3.8, 4) is 6.07 Å². The fraction of sp³-hybridized carbons (Fsp3) is 0.615. The molecule has 0 aromatic carbocycles. The van der Waals surface area contributed by atoms with Crippen LogP contribution in [0.2, 0.25) is 0 Å². The van der Waals surface area contributed by atoms with Crippen molar-refractivity contribution >= 4 is 12.0 Å². The molecule has 1 unspecified atom stereocenters. The Hall–Kier alpha value is -2.23. The molecule has 0 aliphatic heterocycles. The van der Waals surface area contributed by atoms with Gasteiger partial charge in [0.1, 0.15) is 11.6 Å². The van der Waals surface area contributed by atoms with Crippen LogP contribution in [0.25, 0.3) is 0 Å². The second kappa shape index (κ2) is 10.7. The number of nitrogens with one attached hydrogen (secondary N) is 3. The largest absolute Gasteiger partial charge is 0.450 e. The van der Waals surface area contributed by atoms with E-state index in [-0.39, 0.29) is 11.6 Å². The van der Waals surface area contributed by atoms with E-state index in [1.807, 2.05) is 19.9 Å². The van der Waals surface area contributed by atoms with E-state index in [4.69, 9.17) is 5.26 Å². The molecule has 0 bridgehead atoms. The van der Waals surface area contributed by atoms with Crippen molar-refractivity contribution in [1.29, 1.82) is 5.26 Å². The van der Waals surface area contributed by atoms with Crippen LogP contribution < -0.4 is 16.0 Å². The minimum absolute atomic E-state index is 0.00133. The summed E-state index contributed by atoms with van der Waals surface area (Å²) < 4.78 is 4.68. The molecule has 3 N–H and O–H groups in total. The molecule has 1 atom stereocenters. The van der Waals surface area contributed by atoms with E-state index in [1.165, 1.54) is 6.20 Å². The Kier molecular flexibility index (Phi) is 9.48. The minimum atomic E-state index is -0.492. The van der Waals surface area contributed by atoms with Gasteiger partial charge in [-0.25, -0.2) is 4.79 Å². The van der Waals surface area contributed by atoms with Gasteiger partial charge < -0.3 is 20.7 Å². The molecule has 0 radical (unpaired) electrons. The van der Waals surface area contributed by atoms with Crippen LogP contribution in [-0.2, 0) is 9.53 Å². The van der Waals surface area contributed by atoms with Crippen LogP contribution in [0.1, 0.15) is 27.2 Å². The summed E-state index contributed by atoms with van der Waals surface area (Å²) in [7, 11) is 0. The van der Waals surface area contributed by atoms with Crippen LogP contribution in [0.4, 0.5) is 4.79 Å². The van der Waals surface area contributed by atoms with E-state index in [2.05, 4.69) is 20.7 Å². The van der Waals surface area contributed by atoms with Gasteiger partial charge in [-0.15, -0.1) is 0 Å². The van der Waals surface area contributed by atoms with E-state index in [0.29, 0.717) is 19.7 Å². The zero-order valence-electron chi connectivity index (χ0n) is 12.2. The summed E-state index contributed by atoms with van der Waals surface area (Å²) in [5, 5.41) is 16.9. The maximum atomic E-state index is 11.7. The predicted octanol–water partition coefficient (Wildman–Crippen LogP) is 0.644. The number of carbonyl (C=O) groups excluding carboxylic acids is 2. The third-order valence-corrected chi connectivity index (χ3v) is 2.42. The van der Waals surface area contributed by atoms with Crippen LogP contribution in [-0.4, -0.2) is 37.7 Å². The van der Waals surface area contributed by atoms with Crippen molar-refractivity contribution in [2.45, 2.75) is 33.2 Å². The monoisotopic (exact) mass is 282 g/mol. The van der Waals surface area contributed by atoms with E-state index < -0.39 is 12.0 Å². The number of hydrogen-bond acceptors (Lipinski definition) is 5. The first-order valence-electron chi connectivity index (χ1n) is 6.60. The van der Waals surface area contributed by atoms with Gasteiger partial charge in [0, 0.05) is 25.3 Å². The quantitative estimate of drug-likeness (QED) is 0.344. The number of nitrogens with zero attached hydrogens (tertiary/aromatic N) is 1. The second-order valence-electron chi connectivity index (χ2n) is 4.05. The van der Waals surface area contributed by atoms with Gasteiger partial charge in [-0.2, -0.15) is 5.26 Å². The number of ether oxygens (including phenoxy) is 1. The minimum Gasteiger partial charge on any atom is -0.450 e. The van der Waals surface area contributed by atoms with Crippen molar-refractivity contribution < 1.29 is 14.3 Å².